The second-order valence-electron chi connectivity index (χ2n) is 6.43. The number of hydroxylamine groups is 2. The fraction of sp³-hybridized carbons (Fsp3) is 0.0870. The number of thioether (sulfide) groups is 1. The lowest BCUT2D eigenvalue weighted by atomic mass is 9.83. The molecule has 1 aliphatic rings. The van der Waals surface area contributed by atoms with Gasteiger partial charge >= 0.3 is 5.97 Å². The molecular weight excluding hydrogens is 400 g/mol. The molecule has 29 heavy (non-hydrogen) atoms. The van der Waals surface area contributed by atoms with E-state index in [1.165, 1.54) is 23.7 Å². The molecule has 0 atom stereocenters. The van der Waals surface area contributed by atoms with E-state index >= 15 is 0 Å². The van der Waals surface area contributed by atoms with Gasteiger partial charge in [0.2, 0.25) is 5.17 Å². The number of aliphatic imine (C=N–C) groups is 1. The minimum Gasteiger partial charge on any atom is -0.334 e. The molecule has 0 radical (unpaired) electrons. The third-order valence-electron chi connectivity index (χ3n) is 4.49. The third-order valence-corrected chi connectivity index (χ3v) is 5.90. The summed E-state index contributed by atoms with van der Waals surface area (Å²) in [4.78, 5) is 23.8. The molecule has 144 valence electrons. The van der Waals surface area contributed by atoms with Gasteiger partial charge in [-0.1, -0.05) is 91.1 Å². The Labute approximate surface area is 179 Å². The van der Waals surface area contributed by atoms with Gasteiger partial charge in [0.1, 0.15) is 0 Å². The number of nitrogens with zero attached hydrogens (tertiary/aromatic N) is 2. The van der Waals surface area contributed by atoms with E-state index in [4.69, 9.17) is 22.0 Å². The zero-order valence-electron chi connectivity index (χ0n) is 15.7. The van der Waals surface area contributed by atoms with E-state index in [-0.39, 0.29) is 0 Å². The summed E-state index contributed by atoms with van der Waals surface area (Å²) in [5, 5.41) is 1.90. The van der Waals surface area contributed by atoms with E-state index in [0.29, 0.717) is 10.2 Å². The predicted molar refractivity (Wildman–Crippen MR) is 120 cm³/mol. The van der Waals surface area contributed by atoms with Gasteiger partial charge in [-0.15, -0.1) is 5.06 Å². The normalized spacial score (nSPS) is 15.1. The van der Waals surface area contributed by atoms with Crippen molar-refractivity contribution in [1.82, 2.24) is 5.06 Å². The smallest absolute Gasteiger partial charge is 0.330 e. The van der Waals surface area contributed by atoms with Crippen LogP contribution in [-0.2, 0) is 15.2 Å². The molecule has 4 nitrogen and oxygen atoms in total. The number of benzene rings is 3. The van der Waals surface area contributed by atoms with Crippen molar-refractivity contribution in [3.8, 4) is 0 Å². The van der Waals surface area contributed by atoms with Gasteiger partial charge < -0.3 is 4.84 Å². The van der Waals surface area contributed by atoms with Crippen LogP contribution in [-0.4, -0.2) is 21.2 Å². The van der Waals surface area contributed by atoms with Crippen molar-refractivity contribution >= 4 is 40.1 Å². The van der Waals surface area contributed by atoms with Gasteiger partial charge in [-0.3, -0.25) is 0 Å². The van der Waals surface area contributed by atoms with Gasteiger partial charge in [0.05, 0.1) is 0 Å². The van der Waals surface area contributed by atoms with E-state index in [2.05, 4.69) is 0 Å². The molecule has 0 saturated carbocycles. The Morgan fingerprint density at radius 2 is 1.38 bits per heavy atom. The van der Waals surface area contributed by atoms with Crippen LogP contribution in [0.4, 0.5) is 0 Å². The minimum absolute atomic E-state index is 0.406. The SMILES string of the molecule is CC(=O)ON1C(=S)C(c2ccccc2)(c2ccccc2)N=C1Sc1ccccc1. The first kappa shape index (κ1) is 19.4. The van der Waals surface area contributed by atoms with Crippen LogP contribution < -0.4 is 0 Å². The Hall–Kier alpha value is -2.96. The molecule has 3 aromatic carbocycles. The molecule has 0 fully saturated rings. The van der Waals surface area contributed by atoms with Crippen molar-refractivity contribution in [2.45, 2.75) is 17.4 Å². The molecule has 0 saturated heterocycles. The summed E-state index contributed by atoms with van der Waals surface area (Å²) < 4.78 is 0. The lowest BCUT2D eigenvalue weighted by Crippen LogP contribution is -2.40. The van der Waals surface area contributed by atoms with Crippen molar-refractivity contribution in [3.05, 3.63) is 102 Å². The molecule has 3 aromatic rings. The molecule has 0 bridgehead atoms. The Bertz CT molecular complexity index is 1010. The van der Waals surface area contributed by atoms with Crippen LogP contribution in [0.15, 0.2) is 101 Å². The van der Waals surface area contributed by atoms with Gasteiger partial charge in [0.15, 0.2) is 10.5 Å². The van der Waals surface area contributed by atoms with Crippen molar-refractivity contribution in [3.63, 3.8) is 0 Å². The maximum Gasteiger partial charge on any atom is 0.330 e. The van der Waals surface area contributed by atoms with Crippen LogP contribution in [0.5, 0.6) is 0 Å². The first-order chi connectivity index (χ1) is 14.1. The average Bonchev–Trinajstić information content (AvgIpc) is 3.02. The monoisotopic (exact) mass is 418 g/mol. The molecule has 1 heterocycles. The second-order valence-corrected chi connectivity index (χ2v) is 7.86. The highest BCUT2D eigenvalue weighted by molar-refractivity contribution is 8.14. The summed E-state index contributed by atoms with van der Waals surface area (Å²) in [7, 11) is 0. The zero-order chi connectivity index (χ0) is 20.3. The minimum atomic E-state index is -0.954. The fourth-order valence-electron chi connectivity index (χ4n) is 3.24. The summed E-state index contributed by atoms with van der Waals surface area (Å²) in [5.41, 5.74) is 0.874. The number of carbonyl (C=O) groups excluding carboxylic acids is 1. The van der Waals surface area contributed by atoms with Gasteiger partial charge in [-0.05, 0) is 35.0 Å². The van der Waals surface area contributed by atoms with E-state index in [0.717, 1.165) is 16.0 Å². The maximum absolute atomic E-state index is 11.8. The molecule has 0 N–H and O–H groups in total. The first-order valence-corrected chi connectivity index (χ1v) is 10.3. The highest BCUT2D eigenvalue weighted by atomic mass is 32.2. The van der Waals surface area contributed by atoms with E-state index < -0.39 is 11.5 Å². The number of thiocarbonyl (C=S) groups is 1. The van der Waals surface area contributed by atoms with Crippen LogP contribution in [0.25, 0.3) is 0 Å². The molecule has 0 aliphatic carbocycles. The van der Waals surface area contributed by atoms with Crippen LogP contribution in [0, 0.1) is 0 Å². The number of hydrogen-bond acceptors (Lipinski definition) is 5. The van der Waals surface area contributed by atoms with Crippen molar-refractivity contribution < 1.29 is 9.63 Å². The quantitative estimate of drug-likeness (QED) is 0.545. The Morgan fingerprint density at radius 3 is 1.86 bits per heavy atom. The van der Waals surface area contributed by atoms with Crippen LogP contribution in [0.3, 0.4) is 0 Å². The lowest BCUT2D eigenvalue weighted by molar-refractivity contribution is -0.158. The Kier molecular flexibility index (Phi) is 5.47. The number of amidine groups is 1. The molecular formula is C23H18N2O2S2. The van der Waals surface area contributed by atoms with Crippen LogP contribution >= 0.6 is 24.0 Å². The zero-order valence-corrected chi connectivity index (χ0v) is 17.3. The summed E-state index contributed by atoms with van der Waals surface area (Å²) in [6.45, 7) is 1.36. The first-order valence-electron chi connectivity index (χ1n) is 9.08. The summed E-state index contributed by atoms with van der Waals surface area (Å²) in [6.07, 6.45) is 0. The number of hydrogen-bond donors (Lipinski definition) is 0. The summed E-state index contributed by atoms with van der Waals surface area (Å²) >= 11 is 7.28. The molecule has 0 aromatic heterocycles. The van der Waals surface area contributed by atoms with E-state index in [9.17, 15) is 4.79 Å². The van der Waals surface area contributed by atoms with Gasteiger partial charge in [-0.25, -0.2) is 9.79 Å². The fourth-order valence-corrected chi connectivity index (χ4v) is 4.60. The highest BCUT2D eigenvalue weighted by Crippen LogP contribution is 2.43. The maximum atomic E-state index is 11.8. The van der Waals surface area contributed by atoms with Crippen LogP contribution in [0.1, 0.15) is 18.1 Å². The predicted octanol–water partition coefficient (Wildman–Crippen LogP) is 5.20. The average molecular weight is 419 g/mol. The molecule has 1 aliphatic heterocycles. The largest absolute Gasteiger partial charge is 0.334 e. The third kappa shape index (κ3) is 3.69. The van der Waals surface area contributed by atoms with Gasteiger partial charge in [0.25, 0.3) is 0 Å². The number of rotatable bonds is 4. The highest BCUT2D eigenvalue weighted by Gasteiger charge is 2.49. The molecule has 6 heteroatoms. The summed E-state index contributed by atoms with van der Waals surface area (Å²) in [6, 6.07) is 29.5. The van der Waals surface area contributed by atoms with Crippen LogP contribution in [0.2, 0.25) is 0 Å². The van der Waals surface area contributed by atoms with E-state index in [1.54, 1.807) is 0 Å². The Morgan fingerprint density at radius 1 is 0.897 bits per heavy atom. The van der Waals surface area contributed by atoms with Crippen molar-refractivity contribution in [1.29, 1.82) is 0 Å². The Balaban J connectivity index is 1.90. The van der Waals surface area contributed by atoms with E-state index in [1.807, 2.05) is 91.0 Å². The molecule has 0 unspecified atom stereocenters. The van der Waals surface area contributed by atoms with Crippen molar-refractivity contribution in [2.24, 2.45) is 4.99 Å². The van der Waals surface area contributed by atoms with Crippen molar-refractivity contribution in [2.75, 3.05) is 0 Å². The molecule has 0 spiro atoms. The molecule has 0 amide bonds. The van der Waals surface area contributed by atoms with Gasteiger partial charge in [-0.2, -0.15) is 0 Å². The summed E-state index contributed by atoms with van der Waals surface area (Å²) in [5.74, 6) is -0.453. The topological polar surface area (TPSA) is 41.9 Å². The number of carbonyl (C=O) groups is 1. The second kappa shape index (κ2) is 8.19. The lowest BCUT2D eigenvalue weighted by Gasteiger charge is -2.28. The van der Waals surface area contributed by atoms with Gasteiger partial charge in [0, 0.05) is 11.8 Å². The molecule has 4 rings (SSSR count). The standard InChI is InChI=1S/C23H18N2O2S2/c1-17(26)27-25-21(28)23(18-11-5-2-6-12-18,19-13-7-3-8-14-19)24-22(25)29-20-15-9-4-10-16-20/h2-16H,1H3.